The van der Waals surface area contributed by atoms with Crippen LogP contribution in [0.15, 0.2) is 0 Å². The molecule has 2 unspecified atom stereocenters. The van der Waals surface area contributed by atoms with Crippen LogP contribution in [0.4, 0.5) is 0 Å². The highest BCUT2D eigenvalue weighted by atomic mass is 35.5. The van der Waals surface area contributed by atoms with Gasteiger partial charge in [0.05, 0.1) is 22.5 Å². The number of aliphatic hydroxyl groups excluding tert-OH is 1. The molecule has 1 aromatic heterocycles. The molecular formula is C11H17ClN2OS. The maximum Gasteiger partial charge on any atom is 0.0847 e. The minimum atomic E-state index is -0.306. The van der Waals surface area contributed by atoms with Gasteiger partial charge in [-0.2, -0.15) is 16.9 Å². The topological polar surface area (TPSA) is 38.0 Å². The second-order valence-electron chi connectivity index (χ2n) is 4.29. The Morgan fingerprint density at radius 2 is 2.44 bits per heavy atom. The number of nitrogens with zero attached hydrogens (tertiary/aromatic N) is 2. The average Bonchev–Trinajstić information content (AvgIpc) is 2.83. The van der Waals surface area contributed by atoms with Crippen LogP contribution in [0.3, 0.4) is 0 Å². The molecule has 1 aliphatic heterocycles. The fourth-order valence-corrected chi connectivity index (χ4v) is 3.66. The van der Waals surface area contributed by atoms with Crippen LogP contribution in [-0.4, -0.2) is 32.0 Å². The fraction of sp³-hybridized carbons (Fsp3) is 0.727. The van der Waals surface area contributed by atoms with Crippen LogP contribution in [0.25, 0.3) is 0 Å². The van der Waals surface area contributed by atoms with Crippen LogP contribution in [0.2, 0.25) is 5.02 Å². The van der Waals surface area contributed by atoms with Crippen molar-refractivity contribution in [3.63, 3.8) is 0 Å². The van der Waals surface area contributed by atoms with E-state index in [1.54, 1.807) is 4.68 Å². The minimum Gasteiger partial charge on any atom is -0.392 e. The zero-order chi connectivity index (χ0) is 11.7. The van der Waals surface area contributed by atoms with Gasteiger partial charge in [0, 0.05) is 18.7 Å². The number of hydrogen-bond donors (Lipinski definition) is 1. The summed E-state index contributed by atoms with van der Waals surface area (Å²) >= 11 is 8.03. The van der Waals surface area contributed by atoms with Crippen LogP contribution < -0.4 is 0 Å². The zero-order valence-electron chi connectivity index (χ0n) is 9.61. The molecule has 0 saturated carbocycles. The Morgan fingerprint density at radius 3 is 2.94 bits per heavy atom. The molecule has 0 aromatic carbocycles. The van der Waals surface area contributed by atoms with Gasteiger partial charge in [0.25, 0.3) is 0 Å². The third kappa shape index (κ3) is 2.39. The molecule has 0 spiro atoms. The molecule has 1 aliphatic rings. The van der Waals surface area contributed by atoms with Gasteiger partial charge in [-0.3, -0.25) is 4.68 Å². The van der Waals surface area contributed by atoms with E-state index in [1.807, 2.05) is 25.7 Å². The van der Waals surface area contributed by atoms with E-state index in [4.69, 9.17) is 11.6 Å². The average molecular weight is 261 g/mol. The molecule has 2 atom stereocenters. The van der Waals surface area contributed by atoms with E-state index in [2.05, 4.69) is 5.10 Å². The molecule has 0 amide bonds. The van der Waals surface area contributed by atoms with Crippen LogP contribution in [0.1, 0.15) is 24.2 Å². The Morgan fingerprint density at radius 1 is 1.69 bits per heavy atom. The fourth-order valence-electron chi connectivity index (χ4n) is 2.14. The normalized spacial score (nSPS) is 22.6. The van der Waals surface area contributed by atoms with Gasteiger partial charge in [0.2, 0.25) is 0 Å². The highest BCUT2D eigenvalue weighted by molar-refractivity contribution is 8.00. The van der Waals surface area contributed by atoms with Gasteiger partial charge in [-0.1, -0.05) is 11.6 Å². The summed E-state index contributed by atoms with van der Waals surface area (Å²) in [6, 6.07) is 0. The lowest BCUT2D eigenvalue weighted by molar-refractivity contribution is 0.168. The van der Waals surface area contributed by atoms with Crippen molar-refractivity contribution in [1.29, 1.82) is 0 Å². The van der Waals surface area contributed by atoms with Crippen molar-refractivity contribution < 1.29 is 5.11 Å². The van der Waals surface area contributed by atoms with Crippen LogP contribution in [0, 0.1) is 6.92 Å². The first kappa shape index (κ1) is 12.3. The summed E-state index contributed by atoms with van der Waals surface area (Å²) in [5.74, 6) is 1.17. The number of thioether (sulfide) groups is 1. The van der Waals surface area contributed by atoms with E-state index in [-0.39, 0.29) is 6.10 Å². The van der Waals surface area contributed by atoms with Crippen LogP contribution >= 0.6 is 23.4 Å². The van der Waals surface area contributed by atoms with Gasteiger partial charge in [0.1, 0.15) is 0 Å². The monoisotopic (exact) mass is 260 g/mol. The van der Waals surface area contributed by atoms with Gasteiger partial charge in [-0.25, -0.2) is 0 Å². The lowest BCUT2D eigenvalue weighted by atomic mass is 10.1. The first-order chi connectivity index (χ1) is 7.59. The summed E-state index contributed by atoms with van der Waals surface area (Å²) in [7, 11) is 1.88. The maximum absolute atomic E-state index is 10.1. The van der Waals surface area contributed by atoms with Crippen molar-refractivity contribution in [2.45, 2.75) is 37.5 Å². The van der Waals surface area contributed by atoms with E-state index in [9.17, 15) is 5.11 Å². The third-order valence-electron chi connectivity index (χ3n) is 3.06. The molecule has 16 heavy (non-hydrogen) atoms. The largest absolute Gasteiger partial charge is 0.392 e. The maximum atomic E-state index is 10.1. The van der Waals surface area contributed by atoms with E-state index >= 15 is 0 Å². The third-order valence-corrected chi connectivity index (χ3v) is 5.05. The molecule has 1 fully saturated rings. The number of rotatable bonds is 3. The number of hydrogen-bond acceptors (Lipinski definition) is 3. The van der Waals surface area contributed by atoms with Gasteiger partial charge >= 0.3 is 0 Å². The molecule has 5 heteroatoms. The molecule has 3 nitrogen and oxygen atoms in total. The molecule has 0 aliphatic carbocycles. The quantitative estimate of drug-likeness (QED) is 0.905. The summed E-state index contributed by atoms with van der Waals surface area (Å²) < 4.78 is 1.78. The van der Waals surface area contributed by atoms with Crippen molar-refractivity contribution >= 4 is 23.4 Å². The molecule has 90 valence electrons. The van der Waals surface area contributed by atoms with E-state index in [1.165, 1.54) is 12.2 Å². The Labute approximate surface area is 105 Å². The Balaban J connectivity index is 2.07. The van der Waals surface area contributed by atoms with Crippen molar-refractivity contribution in [2.75, 3.05) is 5.75 Å². The highest BCUT2D eigenvalue weighted by Gasteiger charge is 2.26. The lowest BCUT2D eigenvalue weighted by Crippen LogP contribution is -2.24. The summed E-state index contributed by atoms with van der Waals surface area (Å²) in [5, 5.41) is 15.5. The van der Waals surface area contributed by atoms with E-state index in [0.29, 0.717) is 16.7 Å². The molecule has 1 N–H and O–H groups in total. The molecule has 0 radical (unpaired) electrons. The molecule has 2 heterocycles. The summed E-state index contributed by atoms with van der Waals surface area (Å²) in [6.07, 6.45) is 2.62. The SMILES string of the molecule is Cc1nn(C)c(CC(O)C2CCCS2)c1Cl. The Kier molecular flexibility index (Phi) is 3.82. The van der Waals surface area contributed by atoms with Gasteiger partial charge in [-0.05, 0) is 25.5 Å². The number of aromatic nitrogens is 2. The van der Waals surface area contributed by atoms with Crippen LogP contribution in [-0.2, 0) is 13.5 Å². The summed E-state index contributed by atoms with van der Waals surface area (Å²) in [6.45, 7) is 1.89. The highest BCUT2D eigenvalue weighted by Crippen LogP contribution is 2.31. The Bertz CT molecular complexity index is 374. The van der Waals surface area contributed by atoms with Gasteiger partial charge < -0.3 is 5.11 Å². The predicted octanol–water partition coefficient (Wildman–Crippen LogP) is 2.18. The van der Waals surface area contributed by atoms with Crippen molar-refractivity contribution in [3.05, 3.63) is 16.4 Å². The standard InChI is InChI=1S/C11H17ClN2OS/c1-7-11(12)8(14(2)13-7)6-9(15)10-4-3-5-16-10/h9-10,15H,3-6H2,1-2H3. The lowest BCUT2D eigenvalue weighted by Gasteiger charge is -2.17. The van der Waals surface area contributed by atoms with Crippen molar-refractivity contribution in [3.8, 4) is 0 Å². The first-order valence-electron chi connectivity index (χ1n) is 5.57. The van der Waals surface area contributed by atoms with Crippen molar-refractivity contribution in [2.24, 2.45) is 7.05 Å². The van der Waals surface area contributed by atoms with Gasteiger partial charge in [-0.15, -0.1) is 0 Å². The first-order valence-corrected chi connectivity index (χ1v) is 7.00. The molecular weight excluding hydrogens is 244 g/mol. The van der Waals surface area contributed by atoms with E-state index in [0.717, 1.165) is 17.8 Å². The minimum absolute atomic E-state index is 0.306. The molecule has 1 saturated heterocycles. The zero-order valence-corrected chi connectivity index (χ0v) is 11.2. The smallest absolute Gasteiger partial charge is 0.0847 e. The van der Waals surface area contributed by atoms with Gasteiger partial charge in [0.15, 0.2) is 0 Å². The van der Waals surface area contributed by atoms with Crippen molar-refractivity contribution in [1.82, 2.24) is 9.78 Å². The number of aryl methyl sites for hydroxylation is 2. The molecule has 0 bridgehead atoms. The number of aliphatic hydroxyl groups is 1. The molecule has 2 rings (SSSR count). The Hall–Kier alpha value is -0.190. The predicted molar refractivity (Wildman–Crippen MR) is 68.1 cm³/mol. The number of halogens is 1. The van der Waals surface area contributed by atoms with Crippen LogP contribution in [0.5, 0.6) is 0 Å². The summed E-state index contributed by atoms with van der Waals surface area (Å²) in [5.41, 5.74) is 1.78. The second-order valence-corrected chi connectivity index (χ2v) is 6.02. The molecule has 1 aromatic rings. The second kappa shape index (κ2) is 4.98. The summed E-state index contributed by atoms with van der Waals surface area (Å²) in [4.78, 5) is 0. The van der Waals surface area contributed by atoms with E-state index < -0.39 is 0 Å².